The molecule has 0 aromatic carbocycles. The Bertz CT molecular complexity index is 509. The van der Waals surface area contributed by atoms with Crippen molar-refractivity contribution in [2.24, 2.45) is 7.05 Å². The Labute approximate surface area is 106 Å². The van der Waals surface area contributed by atoms with Gasteiger partial charge in [0, 0.05) is 25.0 Å². The van der Waals surface area contributed by atoms with Crippen LogP contribution in [-0.2, 0) is 7.05 Å². The molecule has 2 aromatic heterocycles. The first-order valence-electron chi connectivity index (χ1n) is 6.03. The monoisotopic (exact) mass is 248 g/mol. The highest BCUT2D eigenvalue weighted by Crippen LogP contribution is 2.21. The summed E-state index contributed by atoms with van der Waals surface area (Å²) >= 11 is 0. The van der Waals surface area contributed by atoms with Crippen LogP contribution in [0.1, 0.15) is 30.5 Å². The predicted molar refractivity (Wildman–Crippen MR) is 67.5 cm³/mol. The maximum Gasteiger partial charge on any atom is 0.141 e. The Kier molecular flexibility index (Phi) is 4.04. The molecule has 2 rings (SSSR count). The molecule has 5 heteroatoms. The predicted octanol–water partition coefficient (Wildman–Crippen LogP) is 2.04. The highest BCUT2D eigenvalue weighted by Gasteiger charge is 2.15. The molecule has 0 amide bonds. The van der Waals surface area contributed by atoms with E-state index in [0.29, 0.717) is 0 Å². The van der Waals surface area contributed by atoms with E-state index in [0.717, 1.165) is 24.1 Å². The number of hydrogen-bond donors (Lipinski definition) is 1. The second-order valence-corrected chi connectivity index (χ2v) is 4.27. The molecule has 1 unspecified atom stereocenters. The maximum absolute atomic E-state index is 13.3. The quantitative estimate of drug-likeness (QED) is 0.880. The van der Waals surface area contributed by atoms with E-state index in [4.69, 9.17) is 0 Å². The van der Waals surface area contributed by atoms with Crippen molar-refractivity contribution >= 4 is 0 Å². The molecule has 96 valence electrons. The molecule has 1 atom stereocenters. The van der Waals surface area contributed by atoms with Gasteiger partial charge in [-0.3, -0.25) is 9.67 Å². The summed E-state index contributed by atoms with van der Waals surface area (Å²) in [5, 5.41) is 7.54. The van der Waals surface area contributed by atoms with Crippen molar-refractivity contribution in [3.63, 3.8) is 0 Å². The molecule has 0 spiro atoms. The Balaban J connectivity index is 2.30. The van der Waals surface area contributed by atoms with Gasteiger partial charge in [-0.25, -0.2) is 4.39 Å². The van der Waals surface area contributed by atoms with E-state index in [-0.39, 0.29) is 11.9 Å². The van der Waals surface area contributed by atoms with Crippen molar-refractivity contribution in [2.45, 2.75) is 19.4 Å². The van der Waals surface area contributed by atoms with Crippen LogP contribution >= 0.6 is 0 Å². The van der Waals surface area contributed by atoms with Crippen LogP contribution < -0.4 is 5.32 Å². The Hall–Kier alpha value is -1.75. The number of nitrogens with zero attached hydrogens (tertiary/aromatic N) is 3. The molecule has 0 aliphatic carbocycles. The van der Waals surface area contributed by atoms with E-state index in [1.807, 2.05) is 13.2 Å². The second kappa shape index (κ2) is 5.73. The Morgan fingerprint density at radius 2 is 2.17 bits per heavy atom. The SMILES string of the molecule is CCCNC(c1cncc(F)c1)c1cnn(C)c1. The molecule has 4 nitrogen and oxygen atoms in total. The zero-order valence-electron chi connectivity index (χ0n) is 10.6. The van der Waals surface area contributed by atoms with Crippen LogP contribution in [0.15, 0.2) is 30.9 Å². The van der Waals surface area contributed by atoms with E-state index in [9.17, 15) is 4.39 Å². The fourth-order valence-corrected chi connectivity index (χ4v) is 1.89. The lowest BCUT2D eigenvalue weighted by Crippen LogP contribution is -2.23. The lowest BCUT2D eigenvalue weighted by Gasteiger charge is -2.17. The lowest BCUT2D eigenvalue weighted by atomic mass is 10.0. The lowest BCUT2D eigenvalue weighted by molar-refractivity contribution is 0.580. The summed E-state index contributed by atoms with van der Waals surface area (Å²) in [4.78, 5) is 3.90. The highest BCUT2D eigenvalue weighted by molar-refractivity contribution is 5.27. The number of aromatic nitrogens is 3. The van der Waals surface area contributed by atoms with Gasteiger partial charge in [0.25, 0.3) is 0 Å². The fourth-order valence-electron chi connectivity index (χ4n) is 1.89. The van der Waals surface area contributed by atoms with Crippen molar-refractivity contribution < 1.29 is 4.39 Å². The van der Waals surface area contributed by atoms with E-state index < -0.39 is 0 Å². The van der Waals surface area contributed by atoms with Crippen molar-refractivity contribution in [1.29, 1.82) is 0 Å². The summed E-state index contributed by atoms with van der Waals surface area (Å²) in [6, 6.07) is 1.44. The highest BCUT2D eigenvalue weighted by atomic mass is 19.1. The van der Waals surface area contributed by atoms with Gasteiger partial charge in [-0.2, -0.15) is 5.10 Å². The number of halogens is 1. The number of aryl methyl sites for hydroxylation is 1. The van der Waals surface area contributed by atoms with Crippen LogP contribution in [0.2, 0.25) is 0 Å². The largest absolute Gasteiger partial charge is 0.306 e. The topological polar surface area (TPSA) is 42.7 Å². The van der Waals surface area contributed by atoms with E-state index in [1.54, 1.807) is 17.1 Å². The van der Waals surface area contributed by atoms with Gasteiger partial charge >= 0.3 is 0 Å². The minimum absolute atomic E-state index is 0.0677. The van der Waals surface area contributed by atoms with Crippen LogP contribution in [0.4, 0.5) is 4.39 Å². The number of nitrogens with one attached hydrogen (secondary N) is 1. The van der Waals surface area contributed by atoms with Gasteiger partial charge in [0.2, 0.25) is 0 Å². The van der Waals surface area contributed by atoms with Gasteiger partial charge in [-0.05, 0) is 24.6 Å². The van der Waals surface area contributed by atoms with Crippen LogP contribution in [0, 0.1) is 5.82 Å². The number of pyridine rings is 1. The van der Waals surface area contributed by atoms with Crippen molar-refractivity contribution in [3.05, 3.63) is 47.8 Å². The van der Waals surface area contributed by atoms with E-state index in [1.165, 1.54) is 12.3 Å². The maximum atomic E-state index is 13.3. The van der Waals surface area contributed by atoms with Crippen LogP contribution in [0.5, 0.6) is 0 Å². The molecule has 0 bridgehead atoms. The average molecular weight is 248 g/mol. The first-order chi connectivity index (χ1) is 8.70. The zero-order valence-corrected chi connectivity index (χ0v) is 10.6. The number of rotatable bonds is 5. The molecule has 0 aliphatic heterocycles. The summed E-state index contributed by atoms with van der Waals surface area (Å²) in [5.41, 5.74) is 1.83. The van der Waals surface area contributed by atoms with Gasteiger partial charge in [0.15, 0.2) is 0 Å². The van der Waals surface area contributed by atoms with Gasteiger partial charge in [0.05, 0.1) is 18.4 Å². The third-order valence-corrected chi connectivity index (χ3v) is 2.72. The van der Waals surface area contributed by atoms with E-state index in [2.05, 4.69) is 22.3 Å². The minimum atomic E-state index is -0.320. The fraction of sp³-hybridized carbons (Fsp3) is 0.385. The summed E-state index contributed by atoms with van der Waals surface area (Å²) in [6.07, 6.45) is 7.63. The minimum Gasteiger partial charge on any atom is -0.306 e. The molecule has 0 saturated heterocycles. The van der Waals surface area contributed by atoms with Crippen molar-refractivity contribution in [2.75, 3.05) is 6.54 Å². The molecule has 18 heavy (non-hydrogen) atoms. The first-order valence-corrected chi connectivity index (χ1v) is 6.03. The molecular weight excluding hydrogens is 231 g/mol. The van der Waals surface area contributed by atoms with Gasteiger partial charge in [-0.1, -0.05) is 6.92 Å². The molecule has 2 aromatic rings. The molecular formula is C13H17FN4. The standard InChI is InChI=1S/C13H17FN4/c1-3-4-16-13(11-7-17-18(2)9-11)10-5-12(14)8-15-6-10/h5-9,13,16H,3-4H2,1-2H3. The van der Waals surface area contributed by atoms with Crippen LogP contribution in [0.25, 0.3) is 0 Å². The molecule has 0 aliphatic rings. The summed E-state index contributed by atoms with van der Waals surface area (Å²) in [6.45, 7) is 2.95. The van der Waals surface area contributed by atoms with Crippen molar-refractivity contribution in [3.8, 4) is 0 Å². The first kappa shape index (κ1) is 12.7. The van der Waals surface area contributed by atoms with Gasteiger partial charge in [0.1, 0.15) is 5.82 Å². The molecule has 1 N–H and O–H groups in total. The van der Waals surface area contributed by atoms with Crippen molar-refractivity contribution in [1.82, 2.24) is 20.1 Å². The summed E-state index contributed by atoms with van der Waals surface area (Å²) in [7, 11) is 1.87. The Morgan fingerprint density at radius 3 is 2.78 bits per heavy atom. The third kappa shape index (κ3) is 2.92. The molecule has 2 heterocycles. The van der Waals surface area contributed by atoms with Crippen LogP contribution in [-0.4, -0.2) is 21.3 Å². The zero-order chi connectivity index (χ0) is 13.0. The summed E-state index contributed by atoms with van der Waals surface area (Å²) in [5.74, 6) is -0.320. The smallest absolute Gasteiger partial charge is 0.141 e. The van der Waals surface area contributed by atoms with E-state index >= 15 is 0 Å². The number of hydrogen-bond acceptors (Lipinski definition) is 3. The summed E-state index contributed by atoms with van der Waals surface area (Å²) < 4.78 is 15.0. The average Bonchev–Trinajstić information content (AvgIpc) is 2.76. The van der Waals surface area contributed by atoms with Gasteiger partial charge < -0.3 is 5.32 Å². The Morgan fingerprint density at radius 1 is 1.33 bits per heavy atom. The van der Waals surface area contributed by atoms with Gasteiger partial charge in [-0.15, -0.1) is 0 Å². The second-order valence-electron chi connectivity index (χ2n) is 4.27. The normalized spacial score (nSPS) is 12.6. The molecule has 0 fully saturated rings. The molecule has 0 radical (unpaired) electrons. The third-order valence-electron chi connectivity index (χ3n) is 2.72. The van der Waals surface area contributed by atoms with Crippen LogP contribution in [0.3, 0.4) is 0 Å². The molecule has 0 saturated carbocycles.